The van der Waals surface area contributed by atoms with Gasteiger partial charge in [0, 0.05) is 45.0 Å². The van der Waals surface area contributed by atoms with Crippen LogP contribution in [0.2, 0.25) is 0 Å². The predicted molar refractivity (Wildman–Crippen MR) is 116 cm³/mol. The molecule has 152 valence electrons. The molecule has 29 heavy (non-hydrogen) atoms. The monoisotopic (exact) mass is 411 g/mol. The minimum atomic E-state index is -3.35. The Labute approximate surface area is 171 Å². The van der Waals surface area contributed by atoms with Crippen LogP contribution in [0.1, 0.15) is 12.8 Å². The normalized spacial score (nSPS) is 16.4. The number of aromatic nitrogens is 2. The molecule has 1 aromatic heterocycles. The fourth-order valence-corrected chi connectivity index (χ4v) is 4.72. The average molecular weight is 412 g/mol. The Morgan fingerprint density at radius 1 is 1.03 bits per heavy atom. The molecule has 0 amide bonds. The van der Waals surface area contributed by atoms with E-state index in [1.807, 2.05) is 18.2 Å². The lowest BCUT2D eigenvalue weighted by Gasteiger charge is -2.33. The molecule has 0 unspecified atom stereocenters. The molecular formula is C21H25N5O2S. The van der Waals surface area contributed by atoms with Crippen molar-refractivity contribution in [1.82, 2.24) is 18.6 Å². The van der Waals surface area contributed by atoms with E-state index in [-0.39, 0.29) is 6.04 Å². The maximum Gasteiger partial charge on any atom is 0.281 e. The van der Waals surface area contributed by atoms with Crippen LogP contribution in [0.3, 0.4) is 0 Å². The molecule has 1 aliphatic rings. The van der Waals surface area contributed by atoms with E-state index in [2.05, 4.69) is 45.6 Å². The first kappa shape index (κ1) is 19.8. The first-order chi connectivity index (χ1) is 13.9. The number of nitrogens with zero attached hydrogens (tertiary/aromatic N) is 4. The van der Waals surface area contributed by atoms with Crippen LogP contribution in [0, 0.1) is 0 Å². The molecule has 2 aromatic carbocycles. The molecule has 0 bridgehead atoms. The van der Waals surface area contributed by atoms with Crippen LogP contribution in [0.4, 0.5) is 5.95 Å². The topological polar surface area (TPSA) is 78.4 Å². The lowest BCUT2D eigenvalue weighted by atomic mass is 10.1. The van der Waals surface area contributed by atoms with Crippen molar-refractivity contribution in [2.45, 2.75) is 18.9 Å². The van der Waals surface area contributed by atoms with Gasteiger partial charge in [0.15, 0.2) is 0 Å². The molecule has 2 heterocycles. The summed E-state index contributed by atoms with van der Waals surface area (Å²) < 4.78 is 27.3. The molecule has 8 heteroatoms. The van der Waals surface area contributed by atoms with Crippen LogP contribution in [-0.2, 0) is 10.2 Å². The molecule has 1 saturated heterocycles. The van der Waals surface area contributed by atoms with E-state index >= 15 is 0 Å². The van der Waals surface area contributed by atoms with E-state index in [1.54, 1.807) is 20.3 Å². The molecule has 3 aromatic rings. The molecule has 0 saturated carbocycles. The van der Waals surface area contributed by atoms with Crippen LogP contribution in [0.25, 0.3) is 22.0 Å². The minimum absolute atomic E-state index is 0.149. The second-order valence-electron chi connectivity index (χ2n) is 7.44. The third-order valence-corrected chi connectivity index (χ3v) is 7.22. The van der Waals surface area contributed by atoms with Crippen molar-refractivity contribution in [2.75, 3.05) is 32.5 Å². The third kappa shape index (κ3) is 4.24. The van der Waals surface area contributed by atoms with Crippen molar-refractivity contribution >= 4 is 26.9 Å². The molecule has 0 radical (unpaired) electrons. The number of hydrogen-bond donors (Lipinski definition) is 1. The highest BCUT2D eigenvalue weighted by molar-refractivity contribution is 7.86. The van der Waals surface area contributed by atoms with E-state index in [1.165, 1.54) is 19.4 Å². The summed E-state index contributed by atoms with van der Waals surface area (Å²) in [6.45, 7) is 0.977. The molecule has 0 atom stereocenters. The molecule has 0 spiro atoms. The smallest absolute Gasteiger partial charge is 0.281 e. The summed E-state index contributed by atoms with van der Waals surface area (Å²) in [7, 11) is -0.227. The number of benzene rings is 2. The van der Waals surface area contributed by atoms with Crippen LogP contribution >= 0.6 is 0 Å². The highest BCUT2D eigenvalue weighted by Crippen LogP contribution is 2.24. The van der Waals surface area contributed by atoms with Crippen LogP contribution in [0.15, 0.2) is 54.7 Å². The first-order valence-electron chi connectivity index (χ1n) is 9.70. The Balaban J connectivity index is 1.46. The van der Waals surface area contributed by atoms with Gasteiger partial charge < -0.3 is 5.32 Å². The molecule has 1 fully saturated rings. The van der Waals surface area contributed by atoms with E-state index in [4.69, 9.17) is 0 Å². The Morgan fingerprint density at radius 3 is 2.48 bits per heavy atom. The Morgan fingerprint density at radius 2 is 1.76 bits per heavy atom. The SMILES string of the molecule is CN(C)S(=O)(=O)N1CCC(Nc2nccc(-c3ccc4ccccc4c3)n2)CC1. The van der Waals surface area contributed by atoms with Crippen molar-refractivity contribution in [3.8, 4) is 11.3 Å². The van der Waals surface area contributed by atoms with Crippen molar-refractivity contribution in [2.24, 2.45) is 0 Å². The summed E-state index contributed by atoms with van der Waals surface area (Å²) in [6.07, 6.45) is 3.19. The number of anilines is 1. The number of hydrogen-bond acceptors (Lipinski definition) is 5. The van der Waals surface area contributed by atoms with Crippen molar-refractivity contribution < 1.29 is 8.42 Å². The second kappa shape index (κ2) is 8.06. The maximum atomic E-state index is 12.3. The van der Waals surface area contributed by atoms with Gasteiger partial charge in [-0.1, -0.05) is 36.4 Å². The van der Waals surface area contributed by atoms with Crippen molar-refractivity contribution in [1.29, 1.82) is 0 Å². The summed E-state index contributed by atoms with van der Waals surface area (Å²) in [6, 6.07) is 16.6. The summed E-state index contributed by atoms with van der Waals surface area (Å²) >= 11 is 0. The van der Waals surface area contributed by atoms with E-state index < -0.39 is 10.2 Å². The minimum Gasteiger partial charge on any atom is -0.351 e. The lowest BCUT2D eigenvalue weighted by molar-refractivity contribution is 0.310. The average Bonchev–Trinajstić information content (AvgIpc) is 2.74. The number of rotatable bonds is 5. The van der Waals surface area contributed by atoms with Crippen molar-refractivity contribution in [3.63, 3.8) is 0 Å². The van der Waals surface area contributed by atoms with Gasteiger partial charge in [-0.05, 0) is 35.7 Å². The van der Waals surface area contributed by atoms with Gasteiger partial charge in [-0.15, -0.1) is 0 Å². The zero-order valence-electron chi connectivity index (χ0n) is 16.6. The van der Waals surface area contributed by atoms with Crippen LogP contribution < -0.4 is 5.32 Å². The predicted octanol–water partition coefficient (Wildman–Crippen LogP) is 2.98. The highest BCUT2D eigenvalue weighted by Gasteiger charge is 2.29. The number of nitrogens with one attached hydrogen (secondary N) is 1. The first-order valence-corrected chi connectivity index (χ1v) is 11.1. The number of fused-ring (bicyclic) bond motifs is 1. The van der Waals surface area contributed by atoms with Gasteiger partial charge in [0.2, 0.25) is 5.95 Å². The third-order valence-electron chi connectivity index (χ3n) is 5.28. The summed E-state index contributed by atoms with van der Waals surface area (Å²) in [4.78, 5) is 9.03. The molecular weight excluding hydrogens is 386 g/mol. The van der Waals surface area contributed by atoms with Gasteiger partial charge >= 0.3 is 0 Å². The maximum absolute atomic E-state index is 12.3. The zero-order valence-corrected chi connectivity index (χ0v) is 17.4. The highest BCUT2D eigenvalue weighted by atomic mass is 32.2. The van der Waals surface area contributed by atoms with Gasteiger partial charge in [-0.2, -0.15) is 17.0 Å². The van der Waals surface area contributed by atoms with Gasteiger partial charge in [0.1, 0.15) is 0 Å². The Hall–Kier alpha value is -2.55. The Bertz CT molecular complexity index is 1110. The Kier molecular flexibility index (Phi) is 5.49. The summed E-state index contributed by atoms with van der Waals surface area (Å²) in [5.41, 5.74) is 1.90. The van der Waals surface area contributed by atoms with E-state index in [9.17, 15) is 8.42 Å². The van der Waals surface area contributed by atoms with Gasteiger partial charge in [-0.25, -0.2) is 9.97 Å². The molecule has 4 rings (SSSR count). The van der Waals surface area contributed by atoms with Crippen molar-refractivity contribution in [3.05, 3.63) is 54.7 Å². The molecule has 1 N–H and O–H groups in total. The molecule has 7 nitrogen and oxygen atoms in total. The van der Waals surface area contributed by atoms with Gasteiger partial charge in [-0.3, -0.25) is 0 Å². The standard InChI is InChI=1S/C21H25N5O2S/c1-25(2)29(27,28)26-13-10-19(11-14-26)23-21-22-12-9-20(24-21)18-8-7-16-5-3-4-6-17(16)15-18/h3-9,12,15,19H,10-11,13-14H2,1-2H3,(H,22,23,24). The van der Waals surface area contributed by atoms with E-state index in [0.29, 0.717) is 19.0 Å². The fourth-order valence-electron chi connectivity index (χ4n) is 3.58. The molecule has 0 aliphatic carbocycles. The lowest BCUT2D eigenvalue weighted by Crippen LogP contribution is -2.46. The van der Waals surface area contributed by atoms with Gasteiger partial charge in [0.05, 0.1) is 5.69 Å². The summed E-state index contributed by atoms with van der Waals surface area (Å²) in [5.74, 6) is 0.574. The quantitative estimate of drug-likeness (QED) is 0.698. The summed E-state index contributed by atoms with van der Waals surface area (Å²) in [5, 5.41) is 5.74. The van der Waals surface area contributed by atoms with Crippen LogP contribution in [-0.4, -0.2) is 60.2 Å². The largest absolute Gasteiger partial charge is 0.351 e. The van der Waals surface area contributed by atoms with Crippen LogP contribution in [0.5, 0.6) is 0 Å². The second-order valence-corrected chi connectivity index (χ2v) is 9.58. The number of piperidine rings is 1. The van der Waals surface area contributed by atoms with Gasteiger partial charge in [0.25, 0.3) is 10.2 Å². The fraction of sp³-hybridized carbons (Fsp3) is 0.333. The zero-order chi connectivity index (χ0) is 20.4. The van der Waals surface area contributed by atoms with E-state index in [0.717, 1.165) is 24.1 Å². The molecule has 1 aliphatic heterocycles.